The summed E-state index contributed by atoms with van der Waals surface area (Å²) in [6, 6.07) is 12.4. The van der Waals surface area contributed by atoms with E-state index in [1.807, 2.05) is 24.3 Å². The number of aromatic amines is 2. The SMILES string of the molecule is C[C@@H](Nc1ccc(Br)cc1)C(=O)Nc1ccc2[nH]c(=O)[nH]c2c1. The number of benzene rings is 2. The van der Waals surface area contributed by atoms with Gasteiger partial charge in [0.2, 0.25) is 5.91 Å². The normalized spacial score (nSPS) is 12.1. The molecule has 118 valence electrons. The summed E-state index contributed by atoms with van der Waals surface area (Å²) in [4.78, 5) is 28.8. The van der Waals surface area contributed by atoms with Crippen LogP contribution in [0, 0.1) is 0 Å². The summed E-state index contributed by atoms with van der Waals surface area (Å²) in [7, 11) is 0. The lowest BCUT2D eigenvalue weighted by Gasteiger charge is -2.15. The molecule has 4 N–H and O–H groups in total. The first-order valence-electron chi connectivity index (χ1n) is 7.06. The van der Waals surface area contributed by atoms with E-state index < -0.39 is 6.04 Å². The Morgan fingerprint density at radius 2 is 1.70 bits per heavy atom. The highest BCUT2D eigenvalue weighted by Crippen LogP contribution is 2.17. The molecule has 0 radical (unpaired) electrons. The summed E-state index contributed by atoms with van der Waals surface area (Å²) < 4.78 is 0.981. The van der Waals surface area contributed by atoms with Crippen LogP contribution in [0.3, 0.4) is 0 Å². The Kier molecular flexibility index (Phi) is 4.20. The standard InChI is InChI=1S/C16H15BrN4O2/c1-9(18-11-4-2-10(17)3-5-11)15(22)19-12-6-7-13-14(8-12)21-16(23)20-13/h2-9,18H,1H3,(H,19,22)(H2,20,21,23)/t9-/m1/s1. The zero-order valence-corrected chi connectivity index (χ0v) is 13.9. The van der Waals surface area contributed by atoms with Crippen LogP contribution in [0.2, 0.25) is 0 Å². The number of rotatable bonds is 4. The van der Waals surface area contributed by atoms with E-state index in [2.05, 4.69) is 36.5 Å². The fraction of sp³-hybridized carbons (Fsp3) is 0.125. The van der Waals surface area contributed by atoms with Crippen LogP contribution in [-0.2, 0) is 4.79 Å². The van der Waals surface area contributed by atoms with Gasteiger partial charge in [-0.1, -0.05) is 15.9 Å². The van der Waals surface area contributed by atoms with Gasteiger partial charge in [-0.2, -0.15) is 0 Å². The van der Waals surface area contributed by atoms with Crippen molar-refractivity contribution in [2.24, 2.45) is 0 Å². The molecule has 1 heterocycles. The number of anilines is 2. The predicted molar refractivity (Wildman–Crippen MR) is 94.8 cm³/mol. The molecule has 0 fully saturated rings. The minimum atomic E-state index is -0.405. The maximum atomic E-state index is 12.3. The second-order valence-corrected chi connectivity index (χ2v) is 6.12. The summed E-state index contributed by atoms with van der Waals surface area (Å²) in [6.45, 7) is 1.79. The molecule has 3 rings (SSSR count). The number of fused-ring (bicyclic) bond motifs is 1. The van der Waals surface area contributed by atoms with Crippen LogP contribution >= 0.6 is 15.9 Å². The van der Waals surface area contributed by atoms with Gasteiger partial charge in [-0.3, -0.25) is 4.79 Å². The van der Waals surface area contributed by atoms with Crippen molar-refractivity contribution in [1.29, 1.82) is 0 Å². The van der Waals surface area contributed by atoms with E-state index in [0.29, 0.717) is 16.7 Å². The average molecular weight is 375 g/mol. The summed E-state index contributed by atoms with van der Waals surface area (Å²) >= 11 is 3.37. The highest BCUT2D eigenvalue weighted by Gasteiger charge is 2.13. The van der Waals surface area contributed by atoms with Gasteiger partial charge in [0.05, 0.1) is 11.0 Å². The number of hydrogen-bond donors (Lipinski definition) is 4. The highest BCUT2D eigenvalue weighted by atomic mass is 79.9. The lowest BCUT2D eigenvalue weighted by atomic mass is 10.2. The maximum absolute atomic E-state index is 12.3. The van der Waals surface area contributed by atoms with Crippen molar-refractivity contribution in [2.75, 3.05) is 10.6 Å². The van der Waals surface area contributed by atoms with Crippen LogP contribution in [0.1, 0.15) is 6.92 Å². The van der Waals surface area contributed by atoms with Crippen molar-refractivity contribution >= 4 is 44.2 Å². The van der Waals surface area contributed by atoms with Gasteiger partial charge in [-0.05, 0) is 49.4 Å². The Bertz CT molecular complexity index is 898. The first-order chi connectivity index (χ1) is 11.0. The highest BCUT2D eigenvalue weighted by molar-refractivity contribution is 9.10. The van der Waals surface area contributed by atoms with Crippen molar-refractivity contribution in [3.05, 3.63) is 57.4 Å². The average Bonchev–Trinajstić information content (AvgIpc) is 2.88. The van der Waals surface area contributed by atoms with E-state index in [1.165, 1.54) is 0 Å². The van der Waals surface area contributed by atoms with Gasteiger partial charge in [0, 0.05) is 15.8 Å². The van der Waals surface area contributed by atoms with E-state index in [4.69, 9.17) is 0 Å². The van der Waals surface area contributed by atoms with E-state index in [1.54, 1.807) is 25.1 Å². The van der Waals surface area contributed by atoms with E-state index in [0.717, 1.165) is 10.2 Å². The molecular weight excluding hydrogens is 360 g/mol. The molecule has 0 saturated carbocycles. The summed E-state index contributed by atoms with van der Waals surface area (Å²) in [5.41, 5.74) is 2.58. The van der Waals surface area contributed by atoms with Crippen LogP contribution in [0.25, 0.3) is 11.0 Å². The molecule has 6 nitrogen and oxygen atoms in total. The van der Waals surface area contributed by atoms with Crippen LogP contribution in [0.15, 0.2) is 51.7 Å². The third-order valence-corrected chi connectivity index (χ3v) is 3.93. The molecule has 7 heteroatoms. The van der Waals surface area contributed by atoms with Crippen LogP contribution < -0.4 is 16.3 Å². The van der Waals surface area contributed by atoms with Crippen molar-refractivity contribution in [2.45, 2.75) is 13.0 Å². The maximum Gasteiger partial charge on any atom is 0.323 e. The molecular formula is C16H15BrN4O2. The number of carbonyl (C=O) groups is 1. The first-order valence-corrected chi connectivity index (χ1v) is 7.85. The van der Waals surface area contributed by atoms with Crippen molar-refractivity contribution < 1.29 is 4.79 Å². The second-order valence-electron chi connectivity index (χ2n) is 5.20. The van der Waals surface area contributed by atoms with Crippen LogP contribution in [-0.4, -0.2) is 21.9 Å². The molecule has 1 amide bonds. The largest absolute Gasteiger partial charge is 0.374 e. The molecule has 23 heavy (non-hydrogen) atoms. The van der Waals surface area contributed by atoms with Crippen molar-refractivity contribution in [3.8, 4) is 0 Å². The molecule has 0 aliphatic rings. The van der Waals surface area contributed by atoms with Gasteiger partial charge in [0.25, 0.3) is 0 Å². The monoisotopic (exact) mass is 374 g/mol. The smallest absolute Gasteiger partial charge is 0.323 e. The topological polar surface area (TPSA) is 89.8 Å². The van der Waals surface area contributed by atoms with E-state index in [9.17, 15) is 9.59 Å². The molecule has 0 unspecified atom stereocenters. The fourth-order valence-electron chi connectivity index (χ4n) is 2.22. The molecule has 3 aromatic rings. The Labute approximate surface area is 140 Å². The second kappa shape index (κ2) is 6.29. The van der Waals surface area contributed by atoms with Crippen molar-refractivity contribution in [1.82, 2.24) is 9.97 Å². The number of imidazole rings is 1. The van der Waals surface area contributed by atoms with Crippen molar-refractivity contribution in [3.63, 3.8) is 0 Å². The van der Waals surface area contributed by atoms with Gasteiger partial charge in [-0.15, -0.1) is 0 Å². The zero-order chi connectivity index (χ0) is 16.4. The third kappa shape index (κ3) is 3.62. The Morgan fingerprint density at radius 1 is 1.04 bits per heavy atom. The number of nitrogens with one attached hydrogen (secondary N) is 4. The van der Waals surface area contributed by atoms with Gasteiger partial charge in [-0.25, -0.2) is 4.79 Å². The molecule has 2 aromatic carbocycles. The lowest BCUT2D eigenvalue weighted by Crippen LogP contribution is -2.31. The molecule has 0 aliphatic carbocycles. The molecule has 1 aromatic heterocycles. The third-order valence-electron chi connectivity index (χ3n) is 3.40. The Morgan fingerprint density at radius 3 is 2.43 bits per heavy atom. The van der Waals surface area contributed by atoms with Gasteiger partial charge >= 0.3 is 5.69 Å². The quantitative estimate of drug-likeness (QED) is 0.565. The summed E-state index contributed by atoms with van der Waals surface area (Å²) in [5, 5.41) is 5.96. The minimum Gasteiger partial charge on any atom is -0.374 e. The van der Waals surface area contributed by atoms with Gasteiger partial charge in [0.15, 0.2) is 0 Å². The van der Waals surface area contributed by atoms with Gasteiger partial charge in [0.1, 0.15) is 6.04 Å². The minimum absolute atomic E-state index is 0.162. The summed E-state index contributed by atoms with van der Waals surface area (Å²) in [6.07, 6.45) is 0. The van der Waals surface area contributed by atoms with Crippen LogP contribution in [0.4, 0.5) is 11.4 Å². The molecule has 1 atom stereocenters. The molecule has 0 spiro atoms. The first kappa shape index (κ1) is 15.4. The molecule has 0 bridgehead atoms. The van der Waals surface area contributed by atoms with E-state index >= 15 is 0 Å². The Balaban J connectivity index is 1.69. The number of hydrogen-bond acceptors (Lipinski definition) is 3. The zero-order valence-electron chi connectivity index (χ0n) is 12.3. The fourth-order valence-corrected chi connectivity index (χ4v) is 2.49. The Hall–Kier alpha value is -2.54. The number of halogens is 1. The number of aromatic nitrogens is 2. The number of carbonyl (C=O) groups excluding carboxylic acids is 1. The van der Waals surface area contributed by atoms with E-state index in [-0.39, 0.29) is 11.6 Å². The molecule has 0 aliphatic heterocycles. The van der Waals surface area contributed by atoms with Crippen LogP contribution in [0.5, 0.6) is 0 Å². The number of amides is 1. The summed E-state index contributed by atoms with van der Waals surface area (Å²) in [5.74, 6) is -0.162. The predicted octanol–water partition coefficient (Wildman–Crippen LogP) is 3.06. The van der Waals surface area contributed by atoms with Gasteiger partial charge < -0.3 is 20.6 Å². The molecule has 0 saturated heterocycles. The lowest BCUT2D eigenvalue weighted by molar-refractivity contribution is -0.116. The number of H-pyrrole nitrogens is 2.